The summed E-state index contributed by atoms with van der Waals surface area (Å²) in [5.74, 6) is 0.865. The van der Waals surface area contributed by atoms with Crippen molar-refractivity contribution in [3.63, 3.8) is 0 Å². The van der Waals surface area contributed by atoms with Gasteiger partial charge in [-0.15, -0.1) is 0 Å². The Morgan fingerprint density at radius 1 is 1.24 bits per heavy atom. The number of allylic oxidation sites excluding steroid dienone is 2. The van der Waals surface area contributed by atoms with Gasteiger partial charge in [0, 0.05) is 24.1 Å². The molecule has 3 rings (SSSR count). The Balaban J connectivity index is 1.63. The number of unbranched alkanes of at least 4 members (excludes halogenated alkanes) is 1. The Hall–Kier alpha value is -1.61. The van der Waals surface area contributed by atoms with Crippen molar-refractivity contribution in [1.82, 2.24) is 10.2 Å². The van der Waals surface area contributed by atoms with E-state index >= 15 is 0 Å². The van der Waals surface area contributed by atoms with Gasteiger partial charge in [-0.1, -0.05) is 56.7 Å². The number of carbonyl (C=O) groups excluding carboxylic acids is 1. The summed E-state index contributed by atoms with van der Waals surface area (Å²) in [5.41, 5.74) is 2.75. The number of amides is 1. The van der Waals surface area contributed by atoms with E-state index in [9.17, 15) is 4.79 Å². The minimum Gasteiger partial charge on any atom is -0.330 e. The summed E-state index contributed by atoms with van der Waals surface area (Å²) in [4.78, 5) is 14.5. The predicted octanol–water partition coefficient (Wildman–Crippen LogP) is 4.50. The number of piperidine rings is 2. The summed E-state index contributed by atoms with van der Waals surface area (Å²) >= 11 is 0. The lowest BCUT2D eigenvalue weighted by molar-refractivity contribution is -0.123. The van der Waals surface area contributed by atoms with Gasteiger partial charge in [-0.3, -0.25) is 9.69 Å². The molecule has 0 aliphatic carbocycles. The number of nitrogens with zero attached hydrogens (tertiary/aromatic N) is 1. The average molecular weight is 341 g/mol. The van der Waals surface area contributed by atoms with Gasteiger partial charge in [0.1, 0.15) is 0 Å². The van der Waals surface area contributed by atoms with E-state index in [0.717, 1.165) is 38.9 Å². The zero-order chi connectivity index (χ0) is 17.7. The van der Waals surface area contributed by atoms with E-state index in [1.165, 1.54) is 24.1 Å². The van der Waals surface area contributed by atoms with E-state index < -0.39 is 0 Å². The number of carbonyl (C=O) groups is 1. The maximum Gasteiger partial charge on any atom is 0.224 e. The molecule has 1 aromatic carbocycles. The number of nitrogens with one attached hydrogen (secondary N) is 1. The van der Waals surface area contributed by atoms with Crippen LogP contribution in [0.15, 0.2) is 42.1 Å². The Morgan fingerprint density at radius 3 is 2.64 bits per heavy atom. The monoisotopic (exact) mass is 340 g/mol. The first-order valence-corrected chi connectivity index (χ1v) is 9.88. The van der Waals surface area contributed by atoms with Crippen LogP contribution in [0.3, 0.4) is 0 Å². The van der Waals surface area contributed by atoms with Crippen molar-refractivity contribution in [1.29, 1.82) is 0 Å². The van der Waals surface area contributed by atoms with E-state index in [2.05, 4.69) is 60.5 Å². The summed E-state index contributed by atoms with van der Waals surface area (Å²) in [6, 6.07) is 10.8. The molecule has 0 aromatic heterocycles. The first kappa shape index (κ1) is 18.2. The maximum absolute atomic E-state index is 11.9. The Bertz CT molecular complexity index is 602. The number of hydrogen-bond acceptors (Lipinski definition) is 2. The molecule has 0 bridgehead atoms. The molecule has 1 unspecified atom stereocenters. The van der Waals surface area contributed by atoms with Gasteiger partial charge in [0.2, 0.25) is 5.91 Å². The highest BCUT2D eigenvalue weighted by molar-refractivity contribution is 5.79. The topological polar surface area (TPSA) is 32.3 Å². The van der Waals surface area contributed by atoms with Crippen molar-refractivity contribution >= 4 is 5.91 Å². The van der Waals surface area contributed by atoms with Crippen molar-refractivity contribution < 1.29 is 4.79 Å². The van der Waals surface area contributed by atoms with Gasteiger partial charge in [0.25, 0.3) is 0 Å². The summed E-state index contributed by atoms with van der Waals surface area (Å²) in [6.07, 6.45) is 8.59. The third-order valence-electron chi connectivity index (χ3n) is 6.14. The molecule has 2 fully saturated rings. The summed E-state index contributed by atoms with van der Waals surface area (Å²) < 4.78 is 0. The zero-order valence-electron chi connectivity index (χ0n) is 15.8. The van der Waals surface area contributed by atoms with Crippen molar-refractivity contribution in [2.45, 2.75) is 58.9 Å². The second kappa shape index (κ2) is 8.18. The molecule has 1 atom stereocenters. The van der Waals surface area contributed by atoms with Gasteiger partial charge < -0.3 is 5.32 Å². The van der Waals surface area contributed by atoms with Crippen LogP contribution >= 0.6 is 0 Å². The quantitative estimate of drug-likeness (QED) is 0.856. The zero-order valence-corrected chi connectivity index (χ0v) is 15.8. The number of rotatable bonds is 5. The van der Waals surface area contributed by atoms with E-state index in [-0.39, 0.29) is 11.3 Å². The fourth-order valence-electron chi connectivity index (χ4n) is 4.43. The highest BCUT2D eigenvalue weighted by Gasteiger charge is 2.42. The van der Waals surface area contributed by atoms with E-state index in [1.807, 2.05) is 0 Å². The van der Waals surface area contributed by atoms with E-state index in [1.54, 1.807) is 0 Å². The van der Waals surface area contributed by atoms with Crippen LogP contribution in [0.1, 0.15) is 57.9 Å². The molecule has 0 spiro atoms. The molecule has 3 heteroatoms. The Kier molecular flexibility index (Phi) is 5.95. The molecule has 1 N–H and O–H groups in total. The molecule has 2 aliphatic heterocycles. The maximum atomic E-state index is 11.9. The largest absolute Gasteiger partial charge is 0.330 e. The van der Waals surface area contributed by atoms with Crippen molar-refractivity contribution in [3.05, 3.63) is 47.7 Å². The van der Waals surface area contributed by atoms with Gasteiger partial charge >= 0.3 is 0 Å². The normalized spacial score (nSPS) is 27.4. The van der Waals surface area contributed by atoms with Crippen molar-refractivity contribution in [2.75, 3.05) is 13.1 Å². The highest BCUT2D eigenvalue weighted by atomic mass is 16.1. The van der Waals surface area contributed by atoms with Crippen LogP contribution in [-0.4, -0.2) is 23.9 Å². The summed E-state index contributed by atoms with van der Waals surface area (Å²) in [6.45, 7) is 7.94. The minimum atomic E-state index is 0.141. The fraction of sp³-hybridized carbons (Fsp3) is 0.591. The van der Waals surface area contributed by atoms with Crippen LogP contribution in [0.5, 0.6) is 0 Å². The molecule has 2 heterocycles. The first-order valence-electron chi connectivity index (χ1n) is 9.88. The fourth-order valence-corrected chi connectivity index (χ4v) is 4.43. The molecular weight excluding hydrogens is 308 g/mol. The summed E-state index contributed by atoms with van der Waals surface area (Å²) in [5, 5.41) is 3.20. The van der Waals surface area contributed by atoms with Gasteiger partial charge in [0.05, 0.1) is 0 Å². The molecule has 2 aliphatic rings. The summed E-state index contributed by atoms with van der Waals surface area (Å²) in [7, 11) is 0. The molecule has 0 saturated carbocycles. The third kappa shape index (κ3) is 4.33. The number of likely N-dealkylation sites (tertiary alicyclic amines) is 1. The molecule has 3 nitrogen and oxygen atoms in total. The van der Waals surface area contributed by atoms with Crippen molar-refractivity contribution in [2.24, 2.45) is 11.3 Å². The van der Waals surface area contributed by atoms with Crippen LogP contribution in [0.25, 0.3) is 0 Å². The third-order valence-corrected chi connectivity index (χ3v) is 6.14. The Morgan fingerprint density at radius 2 is 1.96 bits per heavy atom. The molecule has 1 aromatic rings. The molecular formula is C22H32N2O. The lowest BCUT2D eigenvalue weighted by Crippen LogP contribution is -2.47. The molecule has 25 heavy (non-hydrogen) atoms. The lowest BCUT2D eigenvalue weighted by atomic mass is 9.65. The molecule has 1 amide bonds. The van der Waals surface area contributed by atoms with Crippen LogP contribution in [-0.2, 0) is 11.3 Å². The van der Waals surface area contributed by atoms with Crippen LogP contribution in [0.4, 0.5) is 0 Å². The average Bonchev–Trinajstić information content (AvgIpc) is 2.64. The first-order chi connectivity index (χ1) is 12.1. The van der Waals surface area contributed by atoms with Gasteiger partial charge in [-0.2, -0.15) is 0 Å². The van der Waals surface area contributed by atoms with Crippen molar-refractivity contribution in [3.8, 4) is 0 Å². The van der Waals surface area contributed by atoms with Crippen LogP contribution < -0.4 is 5.32 Å². The predicted molar refractivity (Wildman–Crippen MR) is 103 cm³/mol. The van der Waals surface area contributed by atoms with Gasteiger partial charge in [-0.05, 0) is 50.3 Å². The SMILES string of the molecule is CCC/C=C1\NC(=O)CCC1(C)C1CCN(Cc2ccccc2)CC1. The van der Waals surface area contributed by atoms with Gasteiger partial charge in [0.15, 0.2) is 0 Å². The highest BCUT2D eigenvalue weighted by Crippen LogP contribution is 2.46. The molecule has 0 radical (unpaired) electrons. The number of hydrogen-bond donors (Lipinski definition) is 1. The molecule has 136 valence electrons. The van der Waals surface area contributed by atoms with Crippen LogP contribution in [0, 0.1) is 11.3 Å². The minimum absolute atomic E-state index is 0.141. The van der Waals surface area contributed by atoms with E-state index in [0.29, 0.717) is 12.3 Å². The Labute approximate surface area is 152 Å². The lowest BCUT2D eigenvalue weighted by Gasteiger charge is -2.46. The second-order valence-corrected chi connectivity index (χ2v) is 7.91. The van der Waals surface area contributed by atoms with E-state index in [4.69, 9.17) is 0 Å². The van der Waals surface area contributed by atoms with Gasteiger partial charge in [-0.25, -0.2) is 0 Å². The standard InChI is InChI=1S/C22H32N2O/c1-3-4-10-20-22(2,14-11-21(25)23-20)19-12-15-24(16-13-19)17-18-8-6-5-7-9-18/h5-10,19H,3-4,11-17H2,1-2H3,(H,23,25)/b20-10-. The second-order valence-electron chi connectivity index (χ2n) is 7.91. The number of benzene rings is 1. The van der Waals surface area contributed by atoms with Crippen LogP contribution in [0.2, 0.25) is 0 Å². The smallest absolute Gasteiger partial charge is 0.224 e. The molecule has 2 saturated heterocycles.